The van der Waals surface area contributed by atoms with Gasteiger partial charge in [-0.05, 0) is 13.0 Å². The van der Waals surface area contributed by atoms with Crippen molar-refractivity contribution in [2.75, 3.05) is 32.7 Å². The zero-order chi connectivity index (χ0) is 11.1. The second-order valence-electron chi connectivity index (χ2n) is 4.62. The van der Waals surface area contributed by atoms with E-state index < -0.39 is 0 Å². The van der Waals surface area contributed by atoms with Crippen LogP contribution in [0.1, 0.15) is 33.6 Å². The molecule has 0 aliphatic carbocycles. The van der Waals surface area contributed by atoms with Crippen molar-refractivity contribution in [3.63, 3.8) is 0 Å². The van der Waals surface area contributed by atoms with E-state index >= 15 is 0 Å². The van der Waals surface area contributed by atoms with E-state index in [-0.39, 0.29) is 0 Å². The van der Waals surface area contributed by atoms with Crippen LogP contribution >= 0.6 is 11.8 Å². The Morgan fingerprint density at radius 2 is 1.87 bits per heavy atom. The fraction of sp³-hybridized carbons (Fsp3) is 1.00. The maximum atomic E-state index is 3.51. The highest BCUT2D eigenvalue weighted by molar-refractivity contribution is 8.00. The van der Waals surface area contributed by atoms with Gasteiger partial charge in [0.15, 0.2) is 0 Å². The second kappa shape index (κ2) is 7.53. The number of nitrogens with one attached hydrogen (secondary N) is 1. The van der Waals surface area contributed by atoms with Crippen LogP contribution in [-0.4, -0.2) is 48.1 Å². The van der Waals surface area contributed by atoms with Crippen LogP contribution in [0.3, 0.4) is 0 Å². The van der Waals surface area contributed by atoms with E-state index in [4.69, 9.17) is 0 Å². The van der Waals surface area contributed by atoms with Crippen LogP contribution in [-0.2, 0) is 0 Å². The van der Waals surface area contributed by atoms with Gasteiger partial charge in [0.05, 0.1) is 0 Å². The van der Waals surface area contributed by atoms with E-state index in [9.17, 15) is 0 Å². The largest absolute Gasteiger partial charge is 0.315 e. The quantitative estimate of drug-likeness (QED) is 0.704. The summed E-state index contributed by atoms with van der Waals surface area (Å²) in [5.41, 5.74) is 0. The van der Waals surface area contributed by atoms with Gasteiger partial charge in [0.25, 0.3) is 0 Å². The topological polar surface area (TPSA) is 15.3 Å². The van der Waals surface area contributed by atoms with Crippen LogP contribution in [0.4, 0.5) is 0 Å². The summed E-state index contributed by atoms with van der Waals surface area (Å²) in [5, 5.41) is 5.13. The Morgan fingerprint density at radius 1 is 1.20 bits per heavy atom. The lowest BCUT2D eigenvalue weighted by Crippen LogP contribution is -2.43. The number of unbranched alkanes of at least 4 members (excludes halogenated alkanes) is 1. The minimum atomic E-state index is 0.810. The molecule has 90 valence electrons. The first-order valence-corrected chi connectivity index (χ1v) is 7.25. The summed E-state index contributed by atoms with van der Waals surface area (Å²) in [7, 11) is 0. The Hall–Kier alpha value is 0.270. The Kier molecular flexibility index (Phi) is 6.69. The molecule has 0 aromatic rings. The molecule has 15 heavy (non-hydrogen) atoms. The van der Waals surface area contributed by atoms with E-state index in [1.54, 1.807) is 0 Å². The lowest BCUT2D eigenvalue weighted by Gasteiger charge is -2.34. The molecule has 2 nitrogen and oxygen atoms in total. The summed E-state index contributed by atoms with van der Waals surface area (Å²) in [5.74, 6) is 0. The molecular weight excluding hydrogens is 204 g/mol. The first-order chi connectivity index (χ1) is 7.22. The molecule has 0 amide bonds. The Balaban J connectivity index is 2.04. The average Bonchev–Trinajstić information content (AvgIpc) is 2.16. The fourth-order valence-corrected chi connectivity index (χ4v) is 3.52. The zero-order valence-corrected chi connectivity index (χ0v) is 11.3. The lowest BCUT2D eigenvalue weighted by atomic mass is 10.3. The Labute approximate surface area is 99.2 Å². The summed E-state index contributed by atoms with van der Waals surface area (Å²) >= 11 is 2.13. The molecule has 1 aliphatic rings. The standard InChI is InChI=1S/C12H26N2S/c1-4-5-6-13-7-8-14-9-11(2)15-12(3)10-14/h11-13H,4-10H2,1-3H3. The van der Waals surface area contributed by atoms with Gasteiger partial charge in [-0.1, -0.05) is 27.2 Å². The van der Waals surface area contributed by atoms with E-state index in [0.717, 1.165) is 17.0 Å². The van der Waals surface area contributed by atoms with Gasteiger partial charge < -0.3 is 5.32 Å². The molecule has 1 saturated heterocycles. The molecule has 0 aromatic carbocycles. The minimum absolute atomic E-state index is 0.810. The van der Waals surface area contributed by atoms with E-state index in [2.05, 4.69) is 42.7 Å². The number of rotatable bonds is 6. The van der Waals surface area contributed by atoms with Crippen molar-refractivity contribution in [3.8, 4) is 0 Å². The average molecular weight is 230 g/mol. The minimum Gasteiger partial charge on any atom is -0.315 e. The van der Waals surface area contributed by atoms with Crippen molar-refractivity contribution >= 4 is 11.8 Å². The number of hydrogen-bond acceptors (Lipinski definition) is 3. The molecule has 0 radical (unpaired) electrons. The predicted molar refractivity (Wildman–Crippen MR) is 70.7 cm³/mol. The van der Waals surface area contributed by atoms with Crippen molar-refractivity contribution in [1.29, 1.82) is 0 Å². The molecule has 3 heteroatoms. The molecule has 1 heterocycles. The van der Waals surface area contributed by atoms with Gasteiger partial charge in [-0.3, -0.25) is 4.90 Å². The van der Waals surface area contributed by atoms with Gasteiger partial charge in [0.1, 0.15) is 0 Å². The normalized spacial score (nSPS) is 28.2. The fourth-order valence-electron chi connectivity index (χ4n) is 2.13. The first kappa shape index (κ1) is 13.3. The second-order valence-corrected chi connectivity index (χ2v) is 6.50. The van der Waals surface area contributed by atoms with Crippen LogP contribution in [0.2, 0.25) is 0 Å². The van der Waals surface area contributed by atoms with Crippen molar-refractivity contribution < 1.29 is 0 Å². The van der Waals surface area contributed by atoms with Gasteiger partial charge in [-0.15, -0.1) is 0 Å². The summed E-state index contributed by atoms with van der Waals surface area (Å²) in [6.45, 7) is 13.0. The maximum absolute atomic E-state index is 3.51. The van der Waals surface area contributed by atoms with Crippen LogP contribution in [0.25, 0.3) is 0 Å². The number of thioether (sulfide) groups is 1. The molecule has 1 rings (SSSR count). The third-order valence-corrected chi connectivity index (χ3v) is 4.03. The number of nitrogens with zero attached hydrogens (tertiary/aromatic N) is 1. The van der Waals surface area contributed by atoms with E-state index in [0.29, 0.717) is 0 Å². The van der Waals surface area contributed by atoms with Crippen molar-refractivity contribution in [2.45, 2.75) is 44.1 Å². The van der Waals surface area contributed by atoms with Crippen LogP contribution in [0.5, 0.6) is 0 Å². The van der Waals surface area contributed by atoms with E-state index in [1.807, 2.05) is 0 Å². The first-order valence-electron chi connectivity index (χ1n) is 6.31. The lowest BCUT2D eigenvalue weighted by molar-refractivity contribution is 0.270. The summed E-state index contributed by atoms with van der Waals surface area (Å²) in [6, 6.07) is 0. The van der Waals surface area contributed by atoms with Gasteiger partial charge in [0, 0.05) is 36.7 Å². The molecule has 0 saturated carbocycles. The molecule has 1 N–H and O–H groups in total. The monoisotopic (exact) mass is 230 g/mol. The van der Waals surface area contributed by atoms with Crippen molar-refractivity contribution in [2.24, 2.45) is 0 Å². The Bertz CT molecular complexity index is 154. The highest BCUT2D eigenvalue weighted by Gasteiger charge is 2.21. The molecule has 2 unspecified atom stereocenters. The van der Waals surface area contributed by atoms with Gasteiger partial charge in [-0.25, -0.2) is 0 Å². The third-order valence-electron chi connectivity index (χ3n) is 2.81. The van der Waals surface area contributed by atoms with Crippen molar-refractivity contribution in [1.82, 2.24) is 10.2 Å². The third kappa shape index (κ3) is 5.79. The summed E-state index contributed by atoms with van der Waals surface area (Å²) in [4.78, 5) is 2.60. The SMILES string of the molecule is CCCCNCCN1CC(C)SC(C)C1. The maximum Gasteiger partial charge on any atom is 0.0149 e. The highest BCUT2D eigenvalue weighted by Crippen LogP contribution is 2.24. The molecule has 0 spiro atoms. The highest BCUT2D eigenvalue weighted by atomic mass is 32.2. The number of hydrogen-bond donors (Lipinski definition) is 1. The smallest absolute Gasteiger partial charge is 0.0149 e. The summed E-state index contributed by atoms with van der Waals surface area (Å²) < 4.78 is 0. The van der Waals surface area contributed by atoms with E-state index in [1.165, 1.54) is 39.0 Å². The van der Waals surface area contributed by atoms with Crippen LogP contribution in [0, 0.1) is 0 Å². The molecule has 1 fully saturated rings. The Morgan fingerprint density at radius 3 is 2.47 bits per heavy atom. The van der Waals surface area contributed by atoms with Gasteiger partial charge in [-0.2, -0.15) is 11.8 Å². The molecule has 1 aliphatic heterocycles. The molecule has 0 aromatic heterocycles. The zero-order valence-electron chi connectivity index (χ0n) is 10.5. The van der Waals surface area contributed by atoms with Crippen molar-refractivity contribution in [3.05, 3.63) is 0 Å². The molecule has 2 atom stereocenters. The van der Waals surface area contributed by atoms with Gasteiger partial charge in [0.2, 0.25) is 0 Å². The molecular formula is C12H26N2S. The van der Waals surface area contributed by atoms with Crippen LogP contribution in [0.15, 0.2) is 0 Å². The summed E-state index contributed by atoms with van der Waals surface area (Å²) in [6.07, 6.45) is 2.60. The van der Waals surface area contributed by atoms with Gasteiger partial charge >= 0.3 is 0 Å². The van der Waals surface area contributed by atoms with Crippen LogP contribution < -0.4 is 5.32 Å². The molecule has 0 bridgehead atoms. The predicted octanol–water partition coefficient (Wildman–Crippen LogP) is 2.20.